The second-order valence-corrected chi connectivity index (χ2v) is 3.86. The summed E-state index contributed by atoms with van der Waals surface area (Å²) in [6.07, 6.45) is 0.941. The predicted molar refractivity (Wildman–Crippen MR) is 65.2 cm³/mol. The molecule has 0 saturated heterocycles. The Balaban J connectivity index is 2.36. The zero-order valence-corrected chi connectivity index (χ0v) is 10.2. The first-order chi connectivity index (χ1) is 7.77. The quantitative estimate of drug-likeness (QED) is 0.719. The van der Waals surface area contributed by atoms with Gasteiger partial charge < -0.3 is 15.2 Å². The number of hydrogen-bond donors (Lipinski definition) is 1. The van der Waals surface area contributed by atoms with Gasteiger partial charge in [0.1, 0.15) is 0 Å². The monoisotopic (exact) mass is 223 g/mol. The van der Waals surface area contributed by atoms with Crippen molar-refractivity contribution in [3.8, 4) is 0 Å². The molecule has 0 aliphatic rings. The molecular weight excluding hydrogens is 202 g/mol. The maximum Gasteiger partial charge on any atom is 0.0719 e. The Labute approximate surface area is 97.6 Å². The third-order valence-electron chi connectivity index (χ3n) is 2.54. The van der Waals surface area contributed by atoms with Crippen LogP contribution in [0.1, 0.15) is 23.1 Å². The van der Waals surface area contributed by atoms with Gasteiger partial charge in [0, 0.05) is 26.9 Å². The van der Waals surface area contributed by atoms with Crippen LogP contribution in [-0.2, 0) is 22.6 Å². The Kier molecular flexibility index (Phi) is 6.08. The van der Waals surface area contributed by atoms with Crippen molar-refractivity contribution >= 4 is 0 Å². The van der Waals surface area contributed by atoms with Gasteiger partial charge in [-0.05, 0) is 30.0 Å². The summed E-state index contributed by atoms with van der Waals surface area (Å²) in [7, 11) is 1.70. The van der Waals surface area contributed by atoms with E-state index in [4.69, 9.17) is 15.2 Å². The molecule has 1 aromatic rings. The highest BCUT2D eigenvalue weighted by atomic mass is 16.5. The first-order valence-electron chi connectivity index (χ1n) is 5.63. The molecule has 0 aliphatic heterocycles. The number of hydrogen-bond acceptors (Lipinski definition) is 3. The second kappa shape index (κ2) is 7.39. The summed E-state index contributed by atoms with van der Waals surface area (Å²) < 4.78 is 10.5. The molecule has 0 bridgehead atoms. The minimum absolute atomic E-state index is 0.593. The highest BCUT2D eigenvalue weighted by molar-refractivity contribution is 5.30. The van der Waals surface area contributed by atoms with E-state index in [1.165, 1.54) is 16.7 Å². The first kappa shape index (κ1) is 13.2. The minimum Gasteiger partial charge on any atom is -0.385 e. The fourth-order valence-corrected chi connectivity index (χ4v) is 1.53. The van der Waals surface area contributed by atoms with Crippen molar-refractivity contribution in [1.82, 2.24) is 0 Å². The van der Waals surface area contributed by atoms with Crippen LogP contribution in [-0.4, -0.2) is 20.3 Å². The molecule has 0 spiro atoms. The van der Waals surface area contributed by atoms with E-state index in [0.29, 0.717) is 13.2 Å². The number of aryl methyl sites for hydroxylation is 1. The zero-order valence-electron chi connectivity index (χ0n) is 10.2. The molecule has 0 unspecified atom stereocenters. The van der Waals surface area contributed by atoms with Crippen molar-refractivity contribution in [2.45, 2.75) is 26.5 Å². The largest absolute Gasteiger partial charge is 0.385 e. The Morgan fingerprint density at radius 2 is 2.06 bits per heavy atom. The van der Waals surface area contributed by atoms with E-state index >= 15 is 0 Å². The lowest BCUT2D eigenvalue weighted by Gasteiger charge is -2.08. The lowest BCUT2D eigenvalue weighted by atomic mass is 10.1. The fraction of sp³-hybridized carbons (Fsp3) is 0.538. The molecule has 3 nitrogen and oxygen atoms in total. The Bertz CT molecular complexity index is 313. The molecule has 90 valence electrons. The van der Waals surface area contributed by atoms with Crippen LogP contribution < -0.4 is 5.73 Å². The number of benzene rings is 1. The third-order valence-corrected chi connectivity index (χ3v) is 2.54. The molecule has 0 fully saturated rings. The smallest absolute Gasteiger partial charge is 0.0719 e. The van der Waals surface area contributed by atoms with Crippen LogP contribution in [0.25, 0.3) is 0 Å². The number of nitrogens with two attached hydrogens (primary N) is 1. The van der Waals surface area contributed by atoms with E-state index in [0.717, 1.165) is 19.6 Å². The number of methoxy groups -OCH3 is 1. The second-order valence-electron chi connectivity index (χ2n) is 3.86. The summed E-state index contributed by atoms with van der Waals surface area (Å²) >= 11 is 0. The van der Waals surface area contributed by atoms with Crippen LogP contribution in [0.15, 0.2) is 18.2 Å². The van der Waals surface area contributed by atoms with Crippen LogP contribution in [0.4, 0.5) is 0 Å². The van der Waals surface area contributed by atoms with Gasteiger partial charge in [-0.15, -0.1) is 0 Å². The average molecular weight is 223 g/mol. The van der Waals surface area contributed by atoms with E-state index in [9.17, 15) is 0 Å². The zero-order chi connectivity index (χ0) is 11.8. The van der Waals surface area contributed by atoms with E-state index in [1.54, 1.807) is 7.11 Å². The van der Waals surface area contributed by atoms with Crippen LogP contribution in [0.3, 0.4) is 0 Å². The van der Waals surface area contributed by atoms with E-state index in [-0.39, 0.29) is 0 Å². The Morgan fingerprint density at radius 3 is 2.69 bits per heavy atom. The standard InChI is InChI=1S/C13H21NO2/c1-11-8-12(9-14)4-5-13(11)10-16-7-3-6-15-2/h4-5,8H,3,6-7,9-10,14H2,1-2H3. The molecular formula is C13H21NO2. The Morgan fingerprint density at radius 1 is 1.25 bits per heavy atom. The predicted octanol–water partition coefficient (Wildman–Crippen LogP) is 2.01. The van der Waals surface area contributed by atoms with Gasteiger partial charge in [0.05, 0.1) is 6.61 Å². The molecule has 0 radical (unpaired) electrons. The summed E-state index contributed by atoms with van der Waals surface area (Å²) in [5.74, 6) is 0. The van der Waals surface area contributed by atoms with Crippen molar-refractivity contribution in [3.05, 3.63) is 34.9 Å². The van der Waals surface area contributed by atoms with Crippen LogP contribution in [0.5, 0.6) is 0 Å². The van der Waals surface area contributed by atoms with Gasteiger partial charge in [0.15, 0.2) is 0 Å². The third kappa shape index (κ3) is 4.31. The Hall–Kier alpha value is -0.900. The van der Waals surface area contributed by atoms with Crippen molar-refractivity contribution < 1.29 is 9.47 Å². The van der Waals surface area contributed by atoms with Gasteiger partial charge >= 0.3 is 0 Å². The summed E-state index contributed by atoms with van der Waals surface area (Å²) in [4.78, 5) is 0. The highest BCUT2D eigenvalue weighted by Gasteiger charge is 1.99. The van der Waals surface area contributed by atoms with Gasteiger partial charge in [-0.25, -0.2) is 0 Å². The number of ether oxygens (including phenoxy) is 2. The normalized spacial score (nSPS) is 10.7. The lowest BCUT2D eigenvalue weighted by Crippen LogP contribution is -2.02. The van der Waals surface area contributed by atoms with Crippen LogP contribution in [0, 0.1) is 6.92 Å². The van der Waals surface area contributed by atoms with Gasteiger partial charge in [-0.1, -0.05) is 18.2 Å². The van der Waals surface area contributed by atoms with E-state index in [2.05, 4.69) is 25.1 Å². The lowest BCUT2D eigenvalue weighted by molar-refractivity contribution is 0.0926. The molecule has 0 aliphatic carbocycles. The maximum absolute atomic E-state index is 5.58. The van der Waals surface area contributed by atoms with E-state index in [1.807, 2.05) is 0 Å². The van der Waals surface area contributed by atoms with Gasteiger partial charge in [0.2, 0.25) is 0 Å². The molecule has 0 saturated carbocycles. The van der Waals surface area contributed by atoms with Crippen molar-refractivity contribution in [2.24, 2.45) is 5.73 Å². The molecule has 1 rings (SSSR count). The fourth-order valence-electron chi connectivity index (χ4n) is 1.53. The molecule has 2 N–H and O–H groups in total. The summed E-state index contributed by atoms with van der Waals surface area (Å²) in [6, 6.07) is 6.27. The van der Waals surface area contributed by atoms with Crippen molar-refractivity contribution in [2.75, 3.05) is 20.3 Å². The van der Waals surface area contributed by atoms with E-state index < -0.39 is 0 Å². The molecule has 0 atom stereocenters. The SMILES string of the molecule is COCCCOCc1ccc(CN)cc1C. The topological polar surface area (TPSA) is 44.5 Å². The molecule has 1 aromatic carbocycles. The van der Waals surface area contributed by atoms with Crippen LogP contribution >= 0.6 is 0 Å². The van der Waals surface area contributed by atoms with Crippen molar-refractivity contribution in [1.29, 1.82) is 0 Å². The van der Waals surface area contributed by atoms with Crippen molar-refractivity contribution in [3.63, 3.8) is 0 Å². The molecule has 16 heavy (non-hydrogen) atoms. The molecule has 0 amide bonds. The molecule has 0 heterocycles. The first-order valence-corrected chi connectivity index (χ1v) is 5.63. The molecule has 3 heteroatoms. The molecule has 0 aromatic heterocycles. The van der Waals surface area contributed by atoms with Crippen LogP contribution in [0.2, 0.25) is 0 Å². The summed E-state index contributed by atoms with van der Waals surface area (Å²) in [5.41, 5.74) is 9.22. The summed E-state index contributed by atoms with van der Waals surface area (Å²) in [5, 5.41) is 0. The van der Waals surface area contributed by atoms with Gasteiger partial charge in [-0.2, -0.15) is 0 Å². The average Bonchev–Trinajstić information content (AvgIpc) is 2.30. The van der Waals surface area contributed by atoms with Gasteiger partial charge in [0.25, 0.3) is 0 Å². The highest BCUT2D eigenvalue weighted by Crippen LogP contribution is 2.12. The number of rotatable bonds is 7. The van der Waals surface area contributed by atoms with Gasteiger partial charge in [-0.3, -0.25) is 0 Å². The minimum atomic E-state index is 0.593. The maximum atomic E-state index is 5.58. The summed E-state index contributed by atoms with van der Waals surface area (Å²) in [6.45, 7) is 4.85.